The zero-order chi connectivity index (χ0) is 30.6. The number of halogens is 8. The second-order valence-electron chi connectivity index (χ2n) is 8.51. The fourth-order valence-corrected chi connectivity index (χ4v) is 4.27. The number of hydrogen-bond donors (Lipinski definition) is 0. The highest BCUT2D eigenvalue weighted by molar-refractivity contribution is 7.22. The predicted molar refractivity (Wildman–Crippen MR) is 131 cm³/mol. The molecule has 0 saturated heterocycles. The molecule has 0 amide bonds. The SMILES string of the molecule is C=C(C)C(=O)OCC(F)(F)OC(F)(F)OC(F)(F)OC(F)(F)COc1ccc2cc(-c3ccc(CC)cc3)sc2c1. The van der Waals surface area contributed by atoms with Crippen LogP contribution >= 0.6 is 11.3 Å². The van der Waals surface area contributed by atoms with Crippen LogP contribution in [0.2, 0.25) is 0 Å². The molecule has 3 aromatic rings. The molecule has 0 N–H and O–H groups in total. The molecule has 0 unspecified atom stereocenters. The van der Waals surface area contributed by atoms with Crippen LogP contribution in [-0.4, -0.2) is 44.0 Å². The van der Waals surface area contributed by atoms with Crippen LogP contribution in [0.5, 0.6) is 5.75 Å². The highest BCUT2D eigenvalue weighted by Crippen LogP contribution is 2.38. The number of carbonyl (C=O) groups is 1. The second-order valence-corrected chi connectivity index (χ2v) is 9.60. The number of esters is 1. The third-order valence-electron chi connectivity index (χ3n) is 5.04. The minimum atomic E-state index is -5.86. The lowest BCUT2D eigenvalue weighted by molar-refractivity contribution is -0.574. The van der Waals surface area contributed by atoms with E-state index in [1.54, 1.807) is 0 Å². The lowest BCUT2D eigenvalue weighted by atomic mass is 10.1. The molecular formula is C26H22F8O6S. The van der Waals surface area contributed by atoms with Gasteiger partial charge in [0.2, 0.25) is 0 Å². The minimum absolute atomic E-state index is 0.183. The van der Waals surface area contributed by atoms with Crippen LogP contribution in [0.25, 0.3) is 20.5 Å². The Morgan fingerprint density at radius 1 is 0.829 bits per heavy atom. The Hall–Kier alpha value is -3.27. The van der Waals surface area contributed by atoms with Crippen LogP contribution in [0.1, 0.15) is 19.4 Å². The van der Waals surface area contributed by atoms with E-state index < -0.39 is 44.0 Å². The van der Waals surface area contributed by atoms with Crippen LogP contribution in [-0.2, 0) is 30.2 Å². The number of carbonyl (C=O) groups excluding carboxylic acids is 1. The average Bonchev–Trinajstić information content (AvgIpc) is 3.27. The normalized spacial score (nSPS) is 12.9. The first kappa shape index (κ1) is 32.2. The van der Waals surface area contributed by atoms with Crippen LogP contribution < -0.4 is 4.74 Å². The number of benzene rings is 2. The van der Waals surface area contributed by atoms with Crippen molar-refractivity contribution in [1.82, 2.24) is 0 Å². The molecule has 1 aromatic heterocycles. The minimum Gasteiger partial charge on any atom is -0.484 e. The summed E-state index contributed by atoms with van der Waals surface area (Å²) in [6.45, 7) is 2.08. The van der Waals surface area contributed by atoms with E-state index in [-0.39, 0.29) is 11.3 Å². The first-order valence-corrected chi connectivity index (χ1v) is 12.4. The van der Waals surface area contributed by atoms with Crippen molar-refractivity contribution in [3.8, 4) is 16.2 Å². The van der Waals surface area contributed by atoms with Crippen molar-refractivity contribution in [1.29, 1.82) is 0 Å². The van der Waals surface area contributed by atoms with Crippen molar-refractivity contribution in [2.45, 2.75) is 45.1 Å². The molecule has 2 aromatic carbocycles. The molecule has 3 rings (SSSR count). The standard InChI is InChI=1S/C26H22F8O6S/c1-4-16-5-7-17(8-6-16)20-11-18-9-10-19(12-21(18)41-20)36-13-23(27,28)38-25(31,32)40-26(33,34)39-24(29,30)14-37-22(35)15(2)3/h5-12H,2,4,13-14H2,1,3H3. The number of hydrogen-bond acceptors (Lipinski definition) is 7. The molecule has 0 aliphatic carbocycles. The maximum absolute atomic E-state index is 14.0. The van der Waals surface area contributed by atoms with E-state index in [2.05, 4.69) is 25.5 Å². The molecule has 1 heterocycles. The molecule has 15 heteroatoms. The Labute approximate surface area is 232 Å². The lowest BCUT2D eigenvalue weighted by Crippen LogP contribution is -2.46. The summed E-state index contributed by atoms with van der Waals surface area (Å²) in [5, 5.41) is 0.744. The van der Waals surface area contributed by atoms with E-state index in [0.717, 1.165) is 34.7 Å². The van der Waals surface area contributed by atoms with Gasteiger partial charge in [0.15, 0.2) is 13.2 Å². The third-order valence-corrected chi connectivity index (χ3v) is 6.19. The zero-order valence-electron chi connectivity index (χ0n) is 21.3. The monoisotopic (exact) mass is 614 g/mol. The Morgan fingerprint density at radius 3 is 1.98 bits per heavy atom. The summed E-state index contributed by atoms with van der Waals surface area (Å²) in [4.78, 5) is 12.0. The molecule has 0 aliphatic heterocycles. The van der Waals surface area contributed by atoms with Gasteiger partial charge in [0, 0.05) is 15.2 Å². The Bertz CT molecular complexity index is 1370. The molecule has 41 heavy (non-hydrogen) atoms. The molecule has 0 spiro atoms. The van der Waals surface area contributed by atoms with Gasteiger partial charge >= 0.3 is 30.8 Å². The number of aryl methyl sites for hydroxylation is 1. The number of fused-ring (bicyclic) bond motifs is 1. The average molecular weight is 615 g/mol. The van der Waals surface area contributed by atoms with Gasteiger partial charge in [0.25, 0.3) is 0 Å². The van der Waals surface area contributed by atoms with Crippen molar-refractivity contribution in [3.63, 3.8) is 0 Å². The van der Waals surface area contributed by atoms with Gasteiger partial charge < -0.3 is 9.47 Å². The Morgan fingerprint density at radius 2 is 1.41 bits per heavy atom. The number of ether oxygens (including phenoxy) is 5. The van der Waals surface area contributed by atoms with E-state index in [1.165, 1.54) is 29.5 Å². The van der Waals surface area contributed by atoms with Crippen molar-refractivity contribution in [2.75, 3.05) is 13.2 Å². The van der Waals surface area contributed by atoms with E-state index in [9.17, 15) is 39.9 Å². The highest BCUT2D eigenvalue weighted by atomic mass is 32.1. The summed E-state index contributed by atoms with van der Waals surface area (Å²) in [6, 6.07) is 13.8. The molecule has 224 valence electrons. The molecule has 0 aliphatic rings. The van der Waals surface area contributed by atoms with Gasteiger partial charge in [-0.25, -0.2) is 19.0 Å². The quantitative estimate of drug-likeness (QED) is 0.0795. The van der Waals surface area contributed by atoms with Crippen molar-refractivity contribution >= 4 is 27.4 Å². The van der Waals surface area contributed by atoms with Gasteiger partial charge in [-0.2, -0.15) is 17.6 Å². The summed E-state index contributed by atoms with van der Waals surface area (Å²) < 4.78 is 127. The van der Waals surface area contributed by atoms with Crippen molar-refractivity contribution < 1.29 is 63.6 Å². The number of alkyl halides is 8. The van der Waals surface area contributed by atoms with Crippen LogP contribution in [0.3, 0.4) is 0 Å². The van der Waals surface area contributed by atoms with E-state index in [1.807, 2.05) is 37.3 Å². The zero-order valence-corrected chi connectivity index (χ0v) is 22.1. The maximum Gasteiger partial charge on any atom is 0.496 e. The van der Waals surface area contributed by atoms with Gasteiger partial charge in [-0.3, -0.25) is 0 Å². The smallest absolute Gasteiger partial charge is 0.484 e. The van der Waals surface area contributed by atoms with Crippen molar-refractivity contribution in [3.05, 3.63) is 66.2 Å². The fourth-order valence-electron chi connectivity index (χ4n) is 3.17. The molecule has 0 bridgehead atoms. The number of thiophene rings is 1. The molecule has 6 nitrogen and oxygen atoms in total. The second kappa shape index (κ2) is 12.3. The summed E-state index contributed by atoms with van der Waals surface area (Å²) in [5.41, 5.74) is 1.67. The summed E-state index contributed by atoms with van der Waals surface area (Å²) >= 11 is 1.31. The maximum atomic E-state index is 14.0. The third kappa shape index (κ3) is 9.66. The van der Waals surface area contributed by atoms with E-state index >= 15 is 0 Å². The summed E-state index contributed by atoms with van der Waals surface area (Å²) in [5.74, 6) is -1.61. The molecular weight excluding hydrogens is 592 g/mol. The lowest BCUT2D eigenvalue weighted by Gasteiger charge is -2.27. The van der Waals surface area contributed by atoms with Gasteiger partial charge in [0.1, 0.15) is 5.75 Å². The highest BCUT2D eigenvalue weighted by Gasteiger charge is 2.57. The van der Waals surface area contributed by atoms with Crippen LogP contribution in [0.4, 0.5) is 35.1 Å². The molecule has 0 fully saturated rings. The Balaban J connectivity index is 1.59. The van der Waals surface area contributed by atoms with Crippen molar-refractivity contribution in [2.24, 2.45) is 0 Å². The van der Waals surface area contributed by atoms with E-state index in [4.69, 9.17) is 4.74 Å². The summed E-state index contributed by atoms with van der Waals surface area (Å²) in [6.07, 6.45) is -20.8. The van der Waals surface area contributed by atoms with Gasteiger partial charge in [-0.05, 0) is 54.1 Å². The van der Waals surface area contributed by atoms with Gasteiger partial charge in [-0.15, -0.1) is 28.9 Å². The first-order valence-electron chi connectivity index (χ1n) is 11.6. The fraction of sp³-hybridized carbons (Fsp3) is 0.346. The predicted octanol–water partition coefficient (Wildman–Crippen LogP) is 7.96. The summed E-state index contributed by atoms with van der Waals surface area (Å²) in [7, 11) is 0. The van der Waals surface area contributed by atoms with Crippen LogP contribution in [0.15, 0.2) is 60.7 Å². The van der Waals surface area contributed by atoms with Gasteiger partial charge in [-0.1, -0.05) is 37.8 Å². The molecule has 0 atom stereocenters. The largest absolute Gasteiger partial charge is 0.496 e. The van der Waals surface area contributed by atoms with E-state index in [0.29, 0.717) is 4.70 Å². The van der Waals surface area contributed by atoms with Crippen LogP contribution in [0, 0.1) is 0 Å². The topological polar surface area (TPSA) is 63.2 Å². The van der Waals surface area contributed by atoms with Gasteiger partial charge in [0.05, 0.1) is 0 Å². The number of rotatable bonds is 14. The molecule has 0 radical (unpaired) electrons. The Kier molecular flexibility index (Phi) is 9.68. The molecule has 0 saturated carbocycles. The first-order chi connectivity index (χ1) is 18.9.